The fourth-order valence-electron chi connectivity index (χ4n) is 3.86. The fraction of sp³-hybridized carbons (Fsp3) is 0.632. The maximum Gasteiger partial charge on any atom is 0.246 e. The highest BCUT2D eigenvalue weighted by molar-refractivity contribution is 7.89. The molecule has 2 aliphatic rings. The molecule has 2 fully saturated rings. The monoisotopic (exact) mass is 396 g/mol. The molecule has 2 aliphatic heterocycles. The number of ether oxygens (including phenoxy) is 2. The Labute approximate surface area is 161 Å². The van der Waals surface area contributed by atoms with Gasteiger partial charge in [-0.3, -0.25) is 4.79 Å². The van der Waals surface area contributed by atoms with E-state index in [4.69, 9.17) is 9.47 Å². The number of sulfonamides is 1. The van der Waals surface area contributed by atoms with E-state index >= 15 is 0 Å². The third-order valence-corrected chi connectivity index (χ3v) is 7.28. The van der Waals surface area contributed by atoms with E-state index in [2.05, 4.69) is 0 Å². The summed E-state index contributed by atoms with van der Waals surface area (Å²) in [6.07, 6.45) is 4.62. The summed E-state index contributed by atoms with van der Waals surface area (Å²) in [5.41, 5.74) is 0. The Hall–Kier alpha value is -1.80. The summed E-state index contributed by atoms with van der Waals surface area (Å²) < 4.78 is 38.3. The van der Waals surface area contributed by atoms with Crippen LogP contribution >= 0.6 is 0 Å². The summed E-state index contributed by atoms with van der Waals surface area (Å²) in [7, 11) is -0.840. The zero-order valence-electron chi connectivity index (χ0n) is 16.0. The summed E-state index contributed by atoms with van der Waals surface area (Å²) in [5, 5.41) is 0. The van der Waals surface area contributed by atoms with E-state index in [1.54, 1.807) is 12.1 Å². The molecular formula is C19H28N2O5S. The fourth-order valence-corrected chi connectivity index (χ4v) is 5.55. The largest absolute Gasteiger partial charge is 0.497 e. The predicted molar refractivity (Wildman–Crippen MR) is 101 cm³/mol. The van der Waals surface area contributed by atoms with Gasteiger partial charge in [0.15, 0.2) is 0 Å². The molecule has 0 spiro atoms. The molecule has 7 nitrogen and oxygen atoms in total. The molecule has 1 amide bonds. The number of likely N-dealkylation sites (tertiary alicyclic amines) is 1. The Morgan fingerprint density at radius 2 is 1.78 bits per heavy atom. The van der Waals surface area contributed by atoms with E-state index < -0.39 is 10.0 Å². The predicted octanol–water partition coefficient (Wildman–Crippen LogP) is 2.12. The van der Waals surface area contributed by atoms with E-state index in [0.29, 0.717) is 18.7 Å². The molecule has 8 heteroatoms. The first-order valence-electron chi connectivity index (χ1n) is 9.48. The van der Waals surface area contributed by atoms with Crippen LogP contribution in [0.1, 0.15) is 32.1 Å². The number of hydrogen-bond donors (Lipinski definition) is 0. The number of methoxy groups -OCH3 is 2. The molecule has 0 radical (unpaired) electrons. The van der Waals surface area contributed by atoms with Crippen molar-refractivity contribution in [2.45, 2.75) is 37.0 Å². The van der Waals surface area contributed by atoms with E-state index in [9.17, 15) is 13.2 Å². The van der Waals surface area contributed by atoms with Crippen LogP contribution in [0.4, 0.5) is 0 Å². The highest BCUT2D eigenvalue weighted by atomic mass is 32.2. The number of hydrogen-bond acceptors (Lipinski definition) is 5. The maximum atomic E-state index is 13.2. The average molecular weight is 397 g/mol. The molecule has 27 heavy (non-hydrogen) atoms. The number of rotatable bonds is 5. The van der Waals surface area contributed by atoms with Crippen LogP contribution in [0.3, 0.4) is 0 Å². The molecule has 0 N–H and O–H groups in total. The number of amides is 1. The van der Waals surface area contributed by atoms with Crippen LogP contribution in [0.5, 0.6) is 11.5 Å². The number of carbonyl (C=O) groups is 1. The second-order valence-electron chi connectivity index (χ2n) is 7.10. The van der Waals surface area contributed by atoms with Crippen LogP contribution in [-0.2, 0) is 14.8 Å². The molecule has 0 aliphatic carbocycles. The Morgan fingerprint density at radius 3 is 2.44 bits per heavy atom. The number of benzene rings is 1. The minimum Gasteiger partial charge on any atom is -0.497 e. The number of nitrogens with zero attached hydrogens (tertiary/aromatic N) is 2. The Balaban J connectivity index is 1.81. The summed E-state index contributed by atoms with van der Waals surface area (Å²) in [5.74, 6) is 0.544. The van der Waals surface area contributed by atoms with Crippen molar-refractivity contribution in [2.24, 2.45) is 5.92 Å². The van der Waals surface area contributed by atoms with Crippen LogP contribution in [0.25, 0.3) is 0 Å². The molecule has 0 unspecified atom stereocenters. The second kappa shape index (κ2) is 8.48. The van der Waals surface area contributed by atoms with Gasteiger partial charge in [0.2, 0.25) is 15.9 Å². The molecule has 0 aromatic heterocycles. The highest BCUT2D eigenvalue weighted by Crippen LogP contribution is 2.33. The molecule has 1 aromatic carbocycles. The van der Waals surface area contributed by atoms with Crippen LogP contribution in [0.15, 0.2) is 23.1 Å². The quantitative estimate of drug-likeness (QED) is 0.762. The van der Waals surface area contributed by atoms with Gasteiger partial charge in [-0.2, -0.15) is 4.31 Å². The SMILES string of the molecule is COc1ccc(OC)c(S(=O)(=O)N2CCC[C@@H](C(=O)N3CCCCC3)C2)c1. The van der Waals surface area contributed by atoms with Gasteiger partial charge in [0.05, 0.1) is 20.1 Å². The lowest BCUT2D eigenvalue weighted by Gasteiger charge is -2.35. The van der Waals surface area contributed by atoms with Crippen molar-refractivity contribution in [1.82, 2.24) is 9.21 Å². The van der Waals surface area contributed by atoms with Crippen molar-refractivity contribution in [1.29, 1.82) is 0 Å². The molecular weight excluding hydrogens is 368 g/mol. The van der Waals surface area contributed by atoms with Crippen LogP contribution < -0.4 is 9.47 Å². The number of carbonyl (C=O) groups excluding carboxylic acids is 1. The van der Waals surface area contributed by atoms with Gasteiger partial charge in [-0.1, -0.05) is 0 Å². The summed E-state index contributed by atoms with van der Waals surface area (Å²) >= 11 is 0. The van der Waals surface area contributed by atoms with E-state index in [1.165, 1.54) is 24.6 Å². The first kappa shape index (κ1) is 19.9. The summed E-state index contributed by atoms with van der Waals surface area (Å²) in [4.78, 5) is 14.8. The summed E-state index contributed by atoms with van der Waals surface area (Å²) in [6, 6.07) is 4.73. The minimum absolute atomic E-state index is 0.0791. The van der Waals surface area contributed by atoms with Crippen LogP contribution in [0, 0.1) is 5.92 Å². The third kappa shape index (κ3) is 4.21. The molecule has 150 valence electrons. The van der Waals surface area contributed by atoms with Crippen molar-refractivity contribution in [2.75, 3.05) is 40.4 Å². The van der Waals surface area contributed by atoms with Crippen molar-refractivity contribution in [3.05, 3.63) is 18.2 Å². The molecule has 1 aromatic rings. The molecule has 3 rings (SSSR count). The van der Waals surface area contributed by atoms with Gasteiger partial charge in [-0.05, 0) is 44.2 Å². The van der Waals surface area contributed by atoms with E-state index in [-0.39, 0.29) is 29.0 Å². The van der Waals surface area contributed by atoms with Crippen LogP contribution in [-0.4, -0.2) is 63.9 Å². The molecule has 0 saturated carbocycles. The molecule has 0 bridgehead atoms. The third-order valence-electron chi connectivity index (χ3n) is 5.39. The lowest BCUT2D eigenvalue weighted by atomic mass is 9.97. The van der Waals surface area contributed by atoms with Gasteiger partial charge in [-0.15, -0.1) is 0 Å². The van der Waals surface area contributed by atoms with E-state index in [1.807, 2.05) is 4.90 Å². The van der Waals surface area contributed by atoms with Crippen molar-refractivity contribution >= 4 is 15.9 Å². The zero-order chi connectivity index (χ0) is 19.4. The van der Waals surface area contributed by atoms with E-state index in [0.717, 1.165) is 38.8 Å². The van der Waals surface area contributed by atoms with Gasteiger partial charge < -0.3 is 14.4 Å². The first-order valence-corrected chi connectivity index (χ1v) is 10.9. The average Bonchev–Trinajstić information content (AvgIpc) is 2.73. The second-order valence-corrected chi connectivity index (χ2v) is 9.01. The minimum atomic E-state index is -3.78. The van der Waals surface area contributed by atoms with Gasteiger partial charge in [0.1, 0.15) is 16.4 Å². The maximum absolute atomic E-state index is 13.2. The van der Waals surface area contributed by atoms with Gasteiger partial charge in [0.25, 0.3) is 0 Å². The molecule has 1 atom stereocenters. The zero-order valence-corrected chi connectivity index (χ0v) is 16.8. The first-order chi connectivity index (χ1) is 13.0. The highest BCUT2D eigenvalue weighted by Gasteiger charge is 2.36. The van der Waals surface area contributed by atoms with Gasteiger partial charge in [0, 0.05) is 32.2 Å². The van der Waals surface area contributed by atoms with Crippen molar-refractivity contribution < 1.29 is 22.7 Å². The lowest BCUT2D eigenvalue weighted by molar-refractivity contribution is -0.137. The number of piperidine rings is 2. The Morgan fingerprint density at radius 1 is 1.04 bits per heavy atom. The van der Waals surface area contributed by atoms with Gasteiger partial charge >= 0.3 is 0 Å². The lowest BCUT2D eigenvalue weighted by Crippen LogP contribution is -2.47. The van der Waals surface area contributed by atoms with Gasteiger partial charge in [-0.25, -0.2) is 8.42 Å². The normalized spacial score (nSPS) is 21.7. The molecule has 2 heterocycles. The smallest absolute Gasteiger partial charge is 0.246 e. The van der Waals surface area contributed by atoms with Crippen molar-refractivity contribution in [3.63, 3.8) is 0 Å². The summed E-state index contributed by atoms with van der Waals surface area (Å²) in [6.45, 7) is 2.20. The topological polar surface area (TPSA) is 76.1 Å². The Bertz CT molecular complexity index is 774. The van der Waals surface area contributed by atoms with Crippen LogP contribution in [0.2, 0.25) is 0 Å². The standard InChI is InChI=1S/C19H28N2O5S/c1-25-16-8-9-17(26-2)18(13-16)27(23,24)21-12-6-7-15(14-21)19(22)20-10-4-3-5-11-20/h8-9,13,15H,3-7,10-12,14H2,1-2H3/t15-/m1/s1. The van der Waals surface area contributed by atoms with Crippen molar-refractivity contribution in [3.8, 4) is 11.5 Å². The molecule has 2 saturated heterocycles. The Kier molecular flexibility index (Phi) is 6.26.